The van der Waals surface area contributed by atoms with Crippen molar-refractivity contribution in [1.82, 2.24) is 20.5 Å². The monoisotopic (exact) mass is 394 g/mol. The third-order valence-electron chi connectivity index (χ3n) is 3.95. The lowest BCUT2D eigenvalue weighted by Crippen LogP contribution is -2.37. The zero-order valence-corrected chi connectivity index (χ0v) is 15.3. The van der Waals surface area contributed by atoms with Crippen LogP contribution in [0.25, 0.3) is 11.4 Å². The van der Waals surface area contributed by atoms with Gasteiger partial charge in [0.05, 0.1) is 5.25 Å². The number of aromatic amines is 1. The summed E-state index contributed by atoms with van der Waals surface area (Å²) in [7, 11) is 0. The molecule has 3 rings (SSSR count). The number of amides is 1. The van der Waals surface area contributed by atoms with Gasteiger partial charge in [0.2, 0.25) is 11.1 Å². The van der Waals surface area contributed by atoms with E-state index >= 15 is 0 Å². The molecule has 1 aromatic heterocycles. The molecule has 1 aliphatic carbocycles. The van der Waals surface area contributed by atoms with Crippen molar-refractivity contribution in [2.24, 2.45) is 0 Å². The molecule has 2 aromatic rings. The van der Waals surface area contributed by atoms with Crippen molar-refractivity contribution in [1.29, 1.82) is 0 Å². The first-order valence-electron chi connectivity index (χ1n) is 7.78. The summed E-state index contributed by atoms with van der Waals surface area (Å²) < 4.78 is 0.958. The summed E-state index contributed by atoms with van der Waals surface area (Å²) in [5.74, 6) is 0.762. The molecule has 0 unspecified atom stereocenters. The number of aromatic nitrogens is 3. The molecule has 7 heteroatoms. The molecule has 1 saturated carbocycles. The number of nitrogens with one attached hydrogen (secondary N) is 2. The molecule has 1 aliphatic rings. The third-order valence-corrected chi connectivity index (χ3v) is 5.60. The van der Waals surface area contributed by atoms with Crippen LogP contribution in [0.4, 0.5) is 0 Å². The minimum atomic E-state index is -0.210. The molecule has 0 aliphatic heterocycles. The van der Waals surface area contributed by atoms with Crippen molar-refractivity contribution in [2.75, 3.05) is 0 Å². The standard InChI is InChI=1S/C16H19BrN4OS/c1-10(15(22)18-11-6-2-3-7-11)23-16-19-14(20-21-16)12-8-4-5-9-13(12)17/h4-5,8-11H,2-3,6-7H2,1H3,(H,18,22)(H,19,20,21)/t10-/m1/s1. The van der Waals surface area contributed by atoms with Crippen LogP contribution in [0.2, 0.25) is 0 Å². The summed E-state index contributed by atoms with van der Waals surface area (Å²) in [5.41, 5.74) is 0.954. The highest BCUT2D eigenvalue weighted by Crippen LogP contribution is 2.28. The minimum absolute atomic E-state index is 0.0640. The molecule has 0 spiro atoms. The lowest BCUT2D eigenvalue weighted by atomic mass is 10.2. The fourth-order valence-electron chi connectivity index (χ4n) is 2.67. The number of H-pyrrole nitrogens is 1. The second kappa shape index (κ2) is 7.49. The van der Waals surface area contributed by atoms with Crippen LogP contribution in [0.1, 0.15) is 32.6 Å². The first kappa shape index (κ1) is 16.5. The Kier molecular flexibility index (Phi) is 5.38. The summed E-state index contributed by atoms with van der Waals surface area (Å²) >= 11 is 4.88. The first-order valence-corrected chi connectivity index (χ1v) is 9.45. The van der Waals surface area contributed by atoms with Crippen molar-refractivity contribution in [3.8, 4) is 11.4 Å². The number of hydrogen-bond donors (Lipinski definition) is 2. The highest BCUT2D eigenvalue weighted by atomic mass is 79.9. The zero-order valence-electron chi connectivity index (χ0n) is 12.9. The maximum Gasteiger partial charge on any atom is 0.233 e. The maximum atomic E-state index is 12.2. The van der Waals surface area contributed by atoms with E-state index in [-0.39, 0.29) is 11.2 Å². The normalized spacial score (nSPS) is 16.4. The van der Waals surface area contributed by atoms with E-state index in [1.165, 1.54) is 24.6 Å². The molecule has 0 radical (unpaired) electrons. The van der Waals surface area contributed by atoms with E-state index in [1.54, 1.807) is 0 Å². The van der Waals surface area contributed by atoms with Gasteiger partial charge in [-0.1, -0.05) is 58.7 Å². The number of halogens is 1. The molecule has 2 N–H and O–H groups in total. The Labute approximate surface area is 148 Å². The minimum Gasteiger partial charge on any atom is -0.352 e. The van der Waals surface area contributed by atoms with E-state index in [4.69, 9.17) is 0 Å². The second-order valence-corrected chi connectivity index (χ2v) is 7.86. The van der Waals surface area contributed by atoms with Gasteiger partial charge >= 0.3 is 0 Å². The van der Waals surface area contributed by atoms with Gasteiger partial charge < -0.3 is 5.32 Å². The Bertz CT molecular complexity index is 684. The quantitative estimate of drug-likeness (QED) is 0.756. The molecule has 1 aromatic carbocycles. The predicted molar refractivity (Wildman–Crippen MR) is 95.2 cm³/mol. The Hall–Kier alpha value is -1.34. The van der Waals surface area contributed by atoms with Gasteiger partial charge in [0.1, 0.15) is 0 Å². The van der Waals surface area contributed by atoms with Crippen LogP contribution in [-0.2, 0) is 4.79 Å². The van der Waals surface area contributed by atoms with Crippen molar-refractivity contribution in [3.63, 3.8) is 0 Å². The average Bonchev–Trinajstić information content (AvgIpc) is 3.19. The van der Waals surface area contributed by atoms with E-state index in [1.807, 2.05) is 31.2 Å². The van der Waals surface area contributed by atoms with E-state index < -0.39 is 0 Å². The fraction of sp³-hybridized carbons (Fsp3) is 0.438. The van der Waals surface area contributed by atoms with Crippen LogP contribution >= 0.6 is 27.7 Å². The number of hydrogen-bond acceptors (Lipinski definition) is 4. The van der Waals surface area contributed by atoms with Gasteiger partial charge in [-0.15, -0.1) is 5.10 Å². The largest absolute Gasteiger partial charge is 0.352 e. The smallest absolute Gasteiger partial charge is 0.233 e. The third kappa shape index (κ3) is 4.14. The number of carbonyl (C=O) groups is 1. The van der Waals surface area contributed by atoms with Gasteiger partial charge in [-0.25, -0.2) is 4.98 Å². The predicted octanol–water partition coefficient (Wildman–Crippen LogP) is 3.77. The molecular formula is C16H19BrN4OS. The first-order chi connectivity index (χ1) is 11.1. The van der Waals surface area contributed by atoms with Gasteiger partial charge in [0.15, 0.2) is 5.82 Å². The average molecular weight is 395 g/mol. The molecular weight excluding hydrogens is 376 g/mol. The second-order valence-electron chi connectivity index (χ2n) is 5.70. The Morgan fingerprint density at radius 2 is 2.13 bits per heavy atom. The fourth-order valence-corrected chi connectivity index (χ4v) is 3.88. The van der Waals surface area contributed by atoms with Gasteiger partial charge in [0.25, 0.3) is 0 Å². The highest BCUT2D eigenvalue weighted by Gasteiger charge is 2.22. The Balaban J connectivity index is 1.62. The van der Waals surface area contributed by atoms with Crippen molar-refractivity contribution >= 4 is 33.6 Å². The number of benzene rings is 1. The Morgan fingerprint density at radius 1 is 1.39 bits per heavy atom. The van der Waals surface area contributed by atoms with E-state index in [2.05, 4.69) is 36.4 Å². The number of thioether (sulfide) groups is 1. The molecule has 5 nitrogen and oxygen atoms in total. The maximum absolute atomic E-state index is 12.2. The lowest BCUT2D eigenvalue weighted by molar-refractivity contribution is -0.120. The molecule has 1 heterocycles. The lowest BCUT2D eigenvalue weighted by Gasteiger charge is -2.15. The summed E-state index contributed by atoms with van der Waals surface area (Å²) in [6, 6.07) is 8.17. The van der Waals surface area contributed by atoms with Gasteiger partial charge in [0, 0.05) is 16.1 Å². The molecule has 23 heavy (non-hydrogen) atoms. The summed E-state index contributed by atoms with van der Waals surface area (Å²) in [6.07, 6.45) is 4.61. The number of carbonyl (C=O) groups excluding carboxylic acids is 1. The van der Waals surface area contributed by atoms with Crippen LogP contribution in [0.5, 0.6) is 0 Å². The van der Waals surface area contributed by atoms with E-state index in [0.29, 0.717) is 17.0 Å². The van der Waals surface area contributed by atoms with E-state index in [9.17, 15) is 4.79 Å². The molecule has 1 amide bonds. The van der Waals surface area contributed by atoms with Crippen molar-refractivity contribution in [2.45, 2.75) is 49.1 Å². The molecule has 1 atom stereocenters. The summed E-state index contributed by atoms with van der Waals surface area (Å²) in [4.78, 5) is 16.7. The highest BCUT2D eigenvalue weighted by molar-refractivity contribution is 9.10. The topological polar surface area (TPSA) is 70.7 Å². The molecule has 0 saturated heterocycles. The zero-order chi connectivity index (χ0) is 16.2. The Morgan fingerprint density at radius 3 is 2.87 bits per heavy atom. The van der Waals surface area contributed by atoms with Crippen molar-refractivity contribution in [3.05, 3.63) is 28.7 Å². The summed E-state index contributed by atoms with van der Waals surface area (Å²) in [6.45, 7) is 1.89. The number of rotatable bonds is 5. The van der Waals surface area contributed by atoms with Gasteiger partial charge in [-0.05, 0) is 25.8 Å². The molecule has 0 bridgehead atoms. The van der Waals surface area contributed by atoms with Gasteiger partial charge in [-0.2, -0.15) is 0 Å². The molecule has 122 valence electrons. The van der Waals surface area contributed by atoms with Gasteiger partial charge in [-0.3, -0.25) is 9.89 Å². The number of nitrogens with zero attached hydrogens (tertiary/aromatic N) is 2. The van der Waals surface area contributed by atoms with Crippen LogP contribution in [0, 0.1) is 0 Å². The van der Waals surface area contributed by atoms with Crippen LogP contribution < -0.4 is 5.32 Å². The van der Waals surface area contributed by atoms with E-state index in [0.717, 1.165) is 22.9 Å². The molecule has 1 fully saturated rings. The van der Waals surface area contributed by atoms with Crippen LogP contribution in [0.3, 0.4) is 0 Å². The summed E-state index contributed by atoms with van der Waals surface area (Å²) in [5, 5.41) is 10.6. The SMILES string of the molecule is C[C@@H](Sc1n[nH]c(-c2ccccc2Br)n1)C(=O)NC1CCCC1. The van der Waals surface area contributed by atoms with Crippen LogP contribution in [-0.4, -0.2) is 32.4 Å². The van der Waals surface area contributed by atoms with Crippen molar-refractivity contribution < 1.29 is 4.79 Å². The van der Waals surface area contributed by atoms with Crippen LogP contribution in [0.15, 0.2) is 33.9 Å².